The molecule has 98 valence electrons. The highest BCUT2D eigenvalue weighted by atomic mass is 32.2. The maximum Gasteiger partial charge on any atom is 0.221 e. The van der Waals surface area contributed by atoms with Crippen LogP contribution in [0.15, 0.2) is 18.2 Å². The van der Waals surface area contributed by atoms with Crippen molar-refractivity contribution in [3.05, 3.63) is 29.3 Å². The molecule has 4 heteroatoms. The molecule has 0 aromatic heterocycles. The van der Waals surface area contributed by atoms with Gasteiger partial charge in [0.25, 0.3) is 0 Å². The van der Waals surface area contributed by atoms with Crippen LogP contribution >= 0.6 is 11.8 Å². The molecule has 0 saturated carbocycles. The van der Waals surface area contributed by atoms with Gasteiger partial charge in [-0.1, -0.05) is 12.1 Å². The van der Waals surface area contributed by atoms with Gasteiger partial charge in [0.05, 0.1) is 0 Å². The van der Waals surface area contributed by atoms with Gasteiger partial charge in [0.2, 0.25) is 5.91 Å². The molecule has 2 rings (SSSR count). The number of nitrogens with zero attached hydrogens (tertiary/aromatic N) is 1. The van der Waals surface area contributed by atoms with Gasteiger partial charge in [-0.2, -0.15) is 11.8 Å². The molecular formula is C14H20N2OS. The Labute approximate surface area is 113 Å². The highest BCUT2D eigenvalue weighted by Crippen LogP contribution is 2.19. The second-order valence-electron chi connectivity index (χ2n) is 4.72. The van der Waals surface area contributed by atoms with Crippen LogP contribution in [0.3, 0.4) is 0 Å². The minimum Gasteiger partial charge on any atom is -0.326 e. The maximum absolute atomic E-state index is 11.1. The number of hydrogen-bond donors (Lipinski definition) is 1. The van der Waals surface area contributed by atoms with Crippen LogP contribution in [0.25, 0.3) is 0 Å². The minimum absolute atomic E-state index is 0.00961. The van der Waals surface area contributed by atoms with Gasteiger partial charge < -0.3 is 5.32 Å². The predicted molar refractivity (Wildman–Crippen MR) is 78.1 cm³/mol. The smallest absolute Gasteiger partial charge is 0.221 e. The third-order valence-corrected chi connectivity index (χ3v) is 4.07. The van der Waals surface area contributed by atoms with Crippen molar-refractivity contribution in [2.45, 2.75) is 20.4 Å². The molecule has 1 N–H and O–H groups in total. The first-order valence-electron chi connectivity index (χ1n) is 6.32. The van der Waals surface area contributed by atoms with Crippen molar-refractivity contribution in [2.24, 2.45) is 0 Å². The van der Waals surface area contributed by atoms with Gasteiger partial charge in [-0.25, -0.2) is 0 Å². The zero-order chi connectivity index (χ0) is 13.0. The fourth-order valence-corrected chi connectivity index (χ4v) is 3.09. The summed E-state index contributed by atoms with van der Waals surface area (Å²) >= 11 is 2.02. The van der Waals surface area contributed by atoms with Crippen LogP contribution in [-0.2, 0) is 11.3 Å². The van der Waals surface area contributed by atoms with Gasteiger partial charge in [-0.3, -0.25) is 9.69 Å². The average molecular weight is 264 g/mol. The van der Waals surface area contributed by atoms with E-state index >= 15 is 0 Å². The second kappa shape index (κ2) is 6.25. The van der Waals surface area contributed by atoms with Crippen molar-refractivity contribution in [3.8, 4) is 0 Å². The Hall–Kier alpha value is -1.00. The molecule has 0 aliphatic carbocycles. The SMILES string of the molecule is CC(=O)Nc1cc(CN2CCSCC2)ccc1C. The van der Waals surface area contributed by atoms with Crippen molar-refractivity contribution in [2.75, 3.05) is 29.9 Å². The zero-order valence-corrected chi connectivity index (χ0v) is 11.8. The Bertz CT molecular complexity index is 428. The van der Waals surface area contributed by atoms with Gasteiger partial charge in [-0.15, -0.1) is 0 Å². The summed E-state index contributed by atoms with van der Waals surface area (Å²) in [6.45, 7) is 6.87. The van der Waals surface area contributed by atoms with E-state index in [1.54, 1.807) is 6.92 Å². The number of carbonyl (C=O) groups excluding carboxylic acids is 1. The lowest BCUT2D eigenvalue weighted by molar-refractivity contribution is -0.114. The van der Waals surface area contributed by atoms with E-state index in [0.29, 0.717) is 0 Å². The summed E-state index contributed by atoms with van der Waals surface area (Å²) < 4.78 is 0. The first-order valence-corrected chi connectivity index (χ1v) is 7.48. The van der Waals surface area contributed by atoms with Crippen LogP contribution in [0.4, 0.5) is 5.69 Å². The number of thioether (sulfide) groups is 1. The number of nitrogens with one attached hydrogen (secondary N) is 1. The van der Waals surface area contributed by atoms with E-state index < -0.39 is 0 Å². The molecule has 3 nitrogen and oxygen atoms in total. The molecule has 1 aromatic rings. The maximum atomic E-state index is 11.1. The number of carbonyl (C=O) groups is 1. The van der Waals surface area contributed by atoms with Crippen LogP contribution in [0.1, 0.15) is 18.1 Å². The summed E-state index contributed by atoms with van der Waals surface area (Å²) in [5, 5.41) is 2.89. The first-order chi connectivity index (χ1) is 8.65. The Morgan fingerprint density at radius 2 is 2.11 bits per heavy atom. The molecule has 0 spiro atoms. The third-order valence-electron chi connectivity index (χ3n) is 3.12. The monoisotopic (exact) mass is 264 g/mol. The van der Waals surface area contributed by atoms with Gasteiger partial charge in [0.1, 0.15) is 0 Å². The Balaban J connectivity index is 2.05. The quantitative estimate of drug-likeness (QED) is 0.910. The van der Waals surface area contributed by atoms with Gasteiger partial charge in [0.15, 0.2) is 0 Å². The van der Waals surface area contributed by atoms with E-state index in [1.807, 2.05) is 18.7 Å². The molecule has 0 radical (unpaired) electrons. The number of anilines is 1. The molecule has 1 aromatic carbocycles. The fraction of sp³-hybridized carbons (Fsp3) is 0.500. The Morgan fingerprint density at radius 3 is 2.78 bits per heavy atom. The molecule has 0 atom stereocenters. The van der Waals surface area contributed by atoms with E-state index in [0.717, 1.165) is 30.9 Å². The van der Waals surface area contributed by atoms with E-state index in [1.165, 1.54) is 17.1 Å². The zero-order valence-electron chi connectivity index (χ0n) is 11.0. The summed E-state index contributed by atoms with van der Waals surface area (Å²) in [5.41, 5.74) is 3.32. The number of hydrogen-bond acceptors (Lipinski definition) is 3. The van der Waals surface area contributed by atoms with Crippen molar-refractivity contribution in [1.82, 2.24) is 4.90 Å². The lowest BCUT2D eigenvalue weighted by Crippen LogP contribution is -2.31. The molecule has 1 heterocycles. The van der Waals surface area contributed by atoms with Crippen molar-refractivity contribution < 1.29 is 4.79 Å². The standard InChI is InChI=1S/C14H20N2OS/c1-11-3-4-13(9-14(11)15-12(2)17)10-16-5-7-18-8-6-16/h3-4,9H,5-8,10H2,1-2H3,(H,15,17). The number of rotatable bonds is 3. The topological polar surface area (TPSA) is 32.3 Å². The number of amides is 1. The molecule has 1 amide bonds. The molecule has 0 unspecified atom stereocenters. The van der Waals surface area contributed by atoms with E-state index in [-0.39, 0.29) is 5.91 Å². The van der Waals surface area contributed by atoms with Crippen LogP contribution < -0.4 is 5.32 Å². The Morgan fingerprint density at radius 1 is 1.39 bits per heavy atom. The molecule has 1 aliphatic heterocycles. The first kappa shape index (κ1) is 13.4. The lowest BCUT2D eigenvalue weighted by Gasteiger charge is -2.26. The summed E-state index contributed by atoms with van der Waals surface area (Å²) in [6.07, 6.45) is 0. The van der Waals surface area contributed by atoms with Crippen LogP contribution in [0, 0.1) is 6.92 Å². The molecule has 1 fully saturated rings. The molecule has 1 saturated heterocycles. The van der Waals surface area contributed by atoms with Crippen molar-refractivity contribution in [1.29, 1.82) is 0 Å². The highest BCUT2D eigenvalue weighted by molar-refractivity contribution is 7.99. The highest BCUT2D eigenvalue weighted by Gasteiger charge is 2.11. The third kappa shape index (κ3) is 3.75. The second-order valence-corrected chi connectivity index (χ2v) is 5.94. The average Bonchev–Trinajstić information content (AvgIpc) is 2.34. The largest absolute Gasteiger partial charge is 0.326 e. The van der Waals surface area contributed by atoms with E-state index in [4.69, 9.17) is 0 Å². The normalized spacial score (nSPS) is 16.6. The summed E-state index contributed by atoms with van der Waals surface area (Å²) in [7, 11) is 0. The molecule has 18 heavy (non-hydrogen) atoms. The van der Waals surface area contributed by atoms with Gasteiger partial charge in [-0.05, 0) is 24.1 Å². The molecular weight excluding hydrogens is 244 g/mol. The van der Waals surface area contributed by atoms with E-state index in [2.05, 4.69) is 28.4 Å². The van der Waals surface area contributed by atoms with Crippen LogP contribution in [-0.4, -0.2) is 35.4 Å². The minimum atomic E-state index is -0.00961. The summed E-state index contributed by atoms with van der Waals surface area (Å²) in [5.74, 6) is 2.44. The summed E-state index contributed by atoms with van der Waals surface area (Å²) in [6, 6.07) is 6.33. The number of aryl methyl sites for hydroxylation is 1. The van der Waals surface area contributed by atoms with Crippen LogP contribution in [0.2, 0.25) is 0 Å². The lowest BCUT2D eigenvalue weighted by atomic mass is 10.1. The number of benzene rings is 1. The fourth-order valence-electron chi connectivity index (χ4n) is 2.11. The van der Waals surface area contributed by atoms with Crippen molar-refractivity contribution >= 4 is 23.4 Å². The molecule has 1 aliphatic rings. The van der Waals surface area contributed by atoms with Gasteiger partial charge >= 0.3 is 0 Å². The predicted octanol–water partition coefficient (Wildman–Crippen LogP) is 2.50. The Kier molecular flexibility index (Phi) is 4.66. The van der Waals surface area contributed by atoms with Gasteiger partial charge in [0, 0.05) is 43.8 Å². The van der Waals surface area contributed by atoms with E-state index in [9.17, 15) is 4.79 Å². The summed E-state index contributed by atoms with van der Waals surface area (Å²) in [4.78, 5) is 13.6. The van der Waals surface area contributed by atoms with Crippen LogP contribution in [0.5, 0.6) is 0 Å². The van der Waals surface area contributed by atoms with Crippen molar-refractivity contribution in [3.63, 3.8) is 0 Å². The molecule has 0 bridgehead atoms.